The Morgan fingerprint density at radius 3 is 2.57 bits per heavy atom. The Balaban J connectivity index is 0.00000280. The van der Waals surface area contributed by atoms with E-state index in [0.717, 1.165) is 24.1 Å². The first kappa shape index (κ1) is 22.7. The molecule has 1 aliphatic heterocycles. The first-order valence-electron chi connectivity index (χ1n) is 9.48. The van der Waals surface area contributed by atoms with Gasteiger partial charge in [-0.2, -0.15) is 5.10 Å². The topological polar surface area (TPSA) is 59.0 Å². The number of aryl methyl sites for hydroxylation is 1. The maximum Gasteiger partial charge on any atom is 0.225 e. The van der Waals surface area contributed by atoms with Crippen molar-refractivity contribution in [3.05, 3.63) is 52.8 Å². The van der Waals surface area contributed by atoms with Crippen LogP contribution in [0.25, 0.3) is 0 Å². The van der Waals surface area contributed by atoms with Gasteiger partial charge in [-0.3, -0.25) is 9.48 Å². The van der Waals surface area contributed by atoms with Gasteiger partial charge in [-0.05, 0) is 35.1 Å². The molecule has 2 aromatic rings. The third-order valence-electron chi connectivity index (χ3n) is 5.11. The molecule has 1 aromatic carbocycles. The lowest BCUT2D eigenvalue weighted by Gasteiger charge is -2.29. The molecule has 1 amide bonds. The minimum atomic E-state index is -0.0935. The molecule has 7 heteroatoms. The highest BCUT2D eigenvalue weighted by molar-refractivity contribution is 6.30. The van der Waals surface area contributed by atoms with Crippen LogP contribution >= 0.6 is 24.0 Å². The lowest BCUT2D eigenvalue weighted by molar-refractivity contribution is -0.125. The number of nitrogens with one attached hydrogen (secondary N) is 2. The van der Waals surface area contributed by atoms with Crippen LogP contribution in [-0.2, 0) is 11.8 Å². The molecule has 0 aliphatic carbocycles. The van der Waals surface area contributed by atoms with Crippen molar-refractivity contribution in [2.24, 2.45) is 18.4 Å². The van der Waals surface area contributed by atoms with E-state index in [2.05, 4.69) is 36.5 Å². The van der Waals surface area contributed by atoms with E-state index in [1.165, 1.54) is 0 Å². The molecule has 1 aromatic heterocycles. The Kier molecular flexibility index (Phi) is 7.54. The lowest BCUT2D eigenvalue weighted by Crippen LogP contribution is -2.38. The molecule has 0 bridgehead atoms. The van der Waals surface area contributed by atoms with Crippen molar-refractivity contribution in [1.29, 1.82) is 0 Å². The Bertz CT molecular complexity index is 782. The fourth-order valence-corrected chi connectivity index (χ4v) is 3.90. The van der Waals surface area contributed by atoms with Gasteiger partial charge in [-0.25, -0.2) is 0 Å². The Morgan fingerprint density at radius 1 is 1.32 bits per heavy atom. The second kappa shape index (κ2) is 9.29. The lowest BCUT2D eigenvalue weighted by atomic mass is 9.84. The average molecular weight is 425 g/mol. The molecule has 0 radical (unpaired) electrons. The van der Waals surface area contributed by atoms with Gasteiger partial charge in [0.05, 0.1) is 18.2 Å². The van der Waals surface area contributed by atoms with Gasteiger partial charge in [0.25, 0.3) is 0 Å². The number of amides is 1. The van der Waals surface area contributed by atoms with Crippen LogP contribution in [-0.4, -0.2) is 28.8 Å². The number of halogens is 2. The number of hydrogen-bond donors (Lipinski definition) is 2. The van der Waals surface area contributed by atoms with Gasteiger partial charge in [0, 0.05) is 37.3 Å². The monoisotopic (exact) mass is 424 g/mol. The van der Waals surface area contributed by atoms with Crippen molar-refractivity contribution in [2.45, 2.75) is 39.2 Å². The van der Waals surface area contributed by atoms with Gasteiger partial charge < -0.3 is 10.6 Å². The maximum absolute atomic E-state index is 13.2. The Morgan fingerprint density at radius 2 is 2.00 bits per heavy atom. The summed E-state index contributed by atoms with van der Waals surface area (Å²) in [6.45, 7) is 8.07. The van der Waals surface area contributed by atoms with Crippen molar-refractivity contribution in [3.63, 3.8) is 0 Å². The predicted octanol–water partition coefficient (Wildman–Crippen LogP) is 4.09. The molecule has 2 heterocycles. The summed E-state index contributed by atoms with van der Waals surface area (Å²) >= 11 is 6.04. The molecule has 2 N–H and O–H groups in total. The number of hydrogen-bond acceptors (Lipinski definition) is 3. The first-order valence-corrected chi connectivity index (χ1v) is 9.86. The summed E-state index contributed by atoms with van der Waals surface area (Å²) in [5, 5.41) is 11.6. The largest absolute Gasteiger partial charge is 0.349 e. The molecule has 0 spiro atoms. The fraction of sp³-hybridized carbons (Fsp3) is 0.524. The molecule has 28 heavy (non-hydrogen) atoms. The Labute approximate surface area is 178 Å². The van der Waals surface area contributed by atoms with Gasteiger partial charge in [0.1, 0.15) is 0 Å². The smallest absolute Gasteiger partial charge is 0.225 e. The summed E-state index contributed by atoms with van der Waals surface area (Å²) < 4.78 is 1.79. The quantitative estimate of drug-likeness (QED) is 0.759. The summed E-state index contributed by atoms with van der Waals surface area (Å²) in [5.74, 6) is 0.154. The summed E-state index contributed by atoms with van der Waals surface area (Å²) in [6.07, 6.45) is 4.73. The number of benzene rings is 1. The number of nitrogens with zero attached hydrogens (tertiary/aromatic N) is 2. The van der Waals surface area contributed by atoms with Crippen molar-refractivity contribution < 1.29 is 4.79 Å². The second-order valence-electron chi connectivity index (χ2n) is 8.70. The molecule has 154 valence electrons. The second-order valence-corrected chi connectivity index (χ2v) is 9.13. The highest BCUT2D eigenvalue weighted by Gasteiger charge is 2.36. The molecule has 5 nitrogen and oxygen atoms in total. The van der Waals surface area contributed by atoms with Gasteiger partial charge in [0.2, 0.25) is 5.91 Å². The Hall–Kier alpha value is -1.56. The van der Waals surface area contributed by atoms with E-state index in [-0.39, 0.29) is 41.6 Å². The van der Waals surface area contributed by atoms with Crippen LogP contribution in [0.3, 0.4) is 0 Å². The van der Waals surface area contributed by atoms with E-state index in [4.69, 9.17) is 11.6 Å². The first-order chi connectivity index (χ1) is 12.7. The van der Waals surface area contributed by atoms with Gasteiger partial charge >= 0.3 is 0 Å². The van der Waals surface area contributed by atoms with Gasteiger partial charge in [0.15, 0.2) is 0 Å². The van der Waals surface area contributed by atoms with Crippen molar-refractivity contribution in [2.75, 3.05) is 13.1 Å². The molecule has 0 saturated carbocycles. The summed E-state index contributed by atoms with van der Waals surface area (Å²) in [7, 11) is 1.90. The van der Waals surface area contributed by atoms with Crippen molar-refractivity contribution in [3.8, 4) is 0 Å². The number of aromatic nitrogens is 2. The van der Waals surface area contributed by atoms with E-state index in [1.807, 2.05) is 43.7 Å². The zero-order valence-corrected chi connectivity index (χ0v) is 18.5. The van der Waals surface area contributed by atoms with E-state index in [0.29, 0.717) is 11.6 Å². The van der Waals surface area contributed by atoms with Crippen LogP contribution < -0.4 is 10.6 Å². The molecule has 1 saturated heterocycles. The van der Waals surface area contributed by atoms with E-state index in [1.54, 1.807) is 4.68 Å². The van der Waals surface area contributed by atoms with Crippen LogP contribution in [0.4, 0.5) is 0 Å². The van der Waals surface area contributed by atoms with Crippen molar-refractivity contribution >= 4 is 29.9 Å². The van der Waals surface area contributed by atoms with Crippen LogP contribution in [0.1, 0.15) is 50.3 Å². The predicted molar refractivity (Wildman–Crippen MR) is 116 cm³/mol. The van der Waals surface area contributed by atoms with Crippen LogP contribution in [0, 0.1) is 11.3 Å². The SMILES string of the molecule is Cl.Cn1cc([C@H]2CNC[C@@H]2C(=O)NC(CC(C)(C)C)c2ccc(Cl)cc2)cn1. The third kappa shape index (κ3) is 5.72. The van der Waals surface area contributed by atoms with Crippen LogP contribution in [0.5, 0.6) is 0 Å². The van der Waals surface area contributed by atoms with E-state index >= 15 is 0 Å². The van der Waals surface area contributed by atoms with E-state index in [9.17, 15) is 4.79 Å². The third-order valence-corrected chi connectivity index (χ3v) is 5.36. The molecule has 3 atom stereocenters. The fourth-order valence-electron chi connectivity index (χ4n) is 3.77. The minimum Gasteiger partial charge on any atom is -0.349 e. The molecule has 1 fully saturated rings. The zero-order chi connectivity index (χ0) is 19.6. The number of carbonyl (C=O) groups is 1. The zero-order valence-electron chi connectivity index (χ0n) is 16.9. The maximum atomic E-state index is 13.2. The molecular weight excluding hydrogens is 395 g/mol. The summed E-state index contributed by atoms with van der Waals surface area (Å²) in [4.78, 5) is 13.2. The van der Waals surface area contributed by atoms with Gasteiger partial charge in [-0.1, -0.05) is 44.5 Å². The number of rotatable bonds is 5. The molecule has 1 aliphatic rings. The van der Waals surface area contributed by atoms with Crippen LogP contribution in [0.15, 0.2) is 36.7 Å². The number of carbonyl (C=O) groups excluding carboxylic acids is 1. The molecular formula is C21H30Cl2N4O. The normalized spacial score (nSPS) is 20.5. The van der Waals surface area contributed by atoms with Crippen molar-refractivity contribution in [1.82, 2.24) is 20.4 Å². The standard InChI is InChI=1S/C21H29ClN4O.ClH/c1-21(2,3)9-19(14-5-7-16(22)8-6-14)25-20(27)18-12-23-11-17(18)15-10-24-26(4)13-15;/h5-8,10,13,17-19,23H,9,11-12H2,1-4H3,(H,25,27);1H/t17-,18+,19?;/m1./s1. The van der Waals surface area contributed by atoms with E-state index < -0.39 is 0 Å². The average Bonchev–Trinajstić information content (AvgIpc) is 3.22. The minimum absolute atomic E-state index is 0. The van der Waals surface area contributed by atoms with Gasteiger partial charge in [-0.15, -0.1) is 12.4 Å². The van der Waals surface area contributed by atoms with Crippen LogP contribution in [0.2, 0.25) is 5.02 Å². The molecule has 1 unspecified atom stereocenters. The summed E-state index contributed by atoms with van der Waals surface area (Å²) in [6, 6.07) is 7.74. The summed E-state index contributed by atoms with van der Waals surface area (Å²) in [5.41, 5.74) is 2.29. The molecule has 3 rings (SSSR count). The highest BCUT2D eigenvalue weighted by Crippen LogP contribution is 2.32. The highest BCUT2D eigenvalue weighted by atomic mass is 35.5.